The minimum absolute atomic E-state index is 0.0738. The summed E-state index contributed by atoms with van der Waals surface area (Å²) < 4.78 is 5.89. The van der Waals surface area contributed by atoms with E-state index >= 15 is 0 Å². The zero-order valence-electron chi connectivity index (χ0n) is 13.3. The van der Waals surface area contributed by atoms with Crippen LogP contribution in [0.3, 0.4) is 0 Å². The van der Waals surface area contributed by atoms with Gasteiger partial charge in [0.1, 0.15) is 0 Å². The number of Topliss-reactive ketones (excluding diaryl/α,β-unsaturated/α-hetero) is 1. The summed E-state index contributed by atoms with van der Waals surface area (Å²) in [6.45, 7) is 2.29. The molecule has 0 amide bonds. The lowest BCUT2D eigenvalue weighted by Gasteiger charge is -2.35. The Hall–Kier alpha value is -1.52. The number of rotatable bonds is 8. The van der Waals surface area contributed by atoms with Crippen LogP contribution >= 0.6 is 15.9 Å². The normalized spacial score (nSPS) is 16.5. The molecule has 0 N–H and O–H groups in total. The Balaban J connectivity index is 2.46. The second kappa shape index (κ2) is 8.37. The maximum Gasteiger partial charge on any atom is 0.198 e. The molecule has 3 nitrogen and oxygen atoms in total. The second-order valence-corrected chi connectivity index (χ2v) is 6.35. The third-order valence-electron chi connectivity index (χ3n) is 4.00. The molecule has 0 radical (unpaired) electrons. The minimum atomic E-state index is -1.07. The van der Waals surface area contributed by atoms with Crippen molar-refractivity contribution in [3.8, 4) is 0 Å². The highest BCUT2D eigenvalue weighted by Crippen LogP contribution is 2.36. The summed E-state index contributed by atoms with van der Waals surface area (Å²) in [6, 6.07) is 9.16. The summed E-state index contributed by atoms with van der Waals surface area (Å²) in [5.41, 5.74) is 0.493. The van der Waals surface area contributed by atoms with E-state index in [1.54, 1.807) is 12.1 Å². The highest BCUT2D eigenvalue weighted by atomic mass is 79.9. The number of allylic oxidation sites excluding steroid dienone is 3. The highest BCUT2D eigenvalue weighted by molar-refractivity contribution is 9.18. The van der Waals surface area contributed by atoms with Gasteiger partial charge in [-0.15, -0.1) is 0 Å². The number of carbonyl (C=O) groups excluding carboxylic acids is 2. The average Bonchev–Trinajstić information content (AvgIpc) is 2.59. The molecule has 0 aliphatic heterocycles. The van der Waals surface area contributed by atoms with Crippen molar-refractivity contribution in [3.05, 3.63) is 59.7 Å². The Morgan fingerprint density at radius 3 is 2.57 bits per heavy atom. The van der Waals surface area contributed by atoms with Gasteiger partial charge in [-0.2, -0.15) is 0 Å². The molecule has 0 saturated carbocycles. The van der Waals surface area contributed by atoms with Crippen molar-refractivity contribution in [2.75, 3.05) is 6.61 Å². The predicted octanol–water partition coefficient (Wildman–Crippen LogP) is 4.62. The van der Waals surface area contributed by atoms with Gasteiger partial charge in [0.25, 0.3) is 0 Å². The van der Waals surface area contributed by atoms with Crippen LogP contribution in [0.15, 0.2) is 54.1 Å². The lowest BCUT2D eigenvalue weighted by Crippen LogP contribution is -2.44. The molecule has 23 heavy (non-hydrogen) atoms. The Labute approximate surface area is 145 Å². The number of halogens is 1. The summed E-state index contributed by atoms with van der Waals surface area (Å²) in [7, 11) is 0. The number of ether oxygens (including phenoxy) is 1. The van der Waals surface area contributed by atoms with Crippen LogP contribution in [0.2, 0.25) is 0 Å². The van der Waals surface area contributed by atoms with Gasteiger partial charge in [-0.25, -0.2) is 0 Å². The molecule has 122 valence electrons. The molecule has 0 spiro atoms. The van der Waals surface area contributed by atoms with E-state index in [4.69, 9.17) is 4.74 Å². The fourth-order valence-corrected chi connectivity index (χ4v) is 3.13. The molecule has 0 bridgehead atoms. The smallest absolute Gasteiger partial charge is 0.198 e. The molecule has 1 unspecified atom stereocenters. The molecule has 0 heterocycles. The topological polar surface area (TPSA) is 43.4 Å². The van der Waals surface area contributed by atoms with E-state index in [9.17, 15) is 9.59 Å². The van der Waals surface area contributed by atoms with Crippen LogP contribution in [0.25, 0.3) is 0 Å². The number of benzene rings is 1. The van der Waals surface area contributed by atoms with Crippen molar-refractivity contribution in [2.45, 2.75) is 38.2 Å². The summed E-state index contributed by atoms with van der Waals surface area (Å²) in [5.74, 6) is -0.0738. The number of carbonyl (C=O) groups is 2. The van der Waals surface area contributed by atoms with E-state index in [0.717, 1.165) is 18.4 Å². The molecule has 4 heteroatoms. The third-order valence-corrected chi connectivity index (χ3v) is 4.40. The summed E-state index contributed by atoms with van der Waals surface area (Å²) >= 11 is 2.97. The van der Waals surface area contributed by atoms with Crippen molar-refractivity contribution in [3.63, 3.8) is 0 Å². The van der Waals surface area contributed by atoms with Gasteiger partial charge in [0.2, 0.25) is 0 Å². The molecule has 1 aliphatic carbocycles. The van der Waals surface area contributed by atoms with Crippen molar-refractivity contribution < 1.29 is 14.3 Å². The van der Waals surface area contributed by atoms with Gasteiger partial charge in [-0.05, 0) is 47.7 Å². The van der Waals surface area contributed by atoms with Crippen molar-refractivity contribution >= 4 is 26.4 Å². The largest absolute Gasteiger partial charge is 0.363 e. The Bertz CT molecular complexity index is 619. The first kappa shape index (κ1) is 17.8. The van der Waals surface area contributed by atoms with E-state index in [2.05, 4.69) is 22.0 Å². The maximum atomic E-state index is 13.3. The minimum Gasteiger partial charge on any atom is -0.363 e. The standard InChI is InChI=1S/C19H21BrO3/c1-2-23-19(14-13-17(20)21,16-11-7-4-8-12-16)18(22)15-9-5-3-6-10-15/h3-7,9-11H,2,8,12-14H2,1H3. The Morgan fingerprint density at radius 2 is 2.00 bits per heavy atom. The average molecular weight is 377 g/mol. The van der Waals surface area contributed by atoms with Crippen LogP contribution in [-0.2, 0) is 9.53 Å². The van der Waals surface area contributed by atoms with E-state index in [1.807, 2.05) is 37.3 Å². The summed E-state index contributed by atoms with van der Waals surface area (Å²) in [5, 5.41) is 0. The van der Waals surface area contributed by atoms with Gasteiger partial charge in [0.15, 0.2) is 16.1 Å². The number of ketones is 1. The number of hydrogen-bond donors (Lipinski definition) is 0. The summed E-state index contributed by atoms with van der Waals surface area (Å²) in [4.78, 5) is 24.7. The third kappa shape index (κ3) is 4.27. The van der Waals surface area contributed by atoms with Crippen LogP contribution in [-0.4, -0.2) is 22.7 Å². The molecule has 0 saturated heterocycles. The van der Waals surface area contributed by atoms with Gasteiger partial charge in [0, 0.05) is 18.6 Å². The quantitative estimate of drug-likeness (QED) is 0.490. The van der Waals surface area contributed by atoms with E-state index in [1.165, 1.54) is 0 Å². The lowest BCUT2D eigenvalue weighted by atomic mass is 9.78. The van der Waals surface area contributed by atoms with E-state index in [0.29, 0.717) is 18.6 Å². The molecule has 1 aromatic rings. The zero-order chi connectivity index (χ0) is 16.7. The molecule has 1 atom stereocenters. The van der Waals surface area contributed by atoms with Crippen molar-refractivity contribution in [1.82, 2.24) is 0 Å². The first-order valence-corrected chi connectivity index (χ1v) is 8.68. The van der Waals surface area contributed by atoms with Gasteiger partial charge in [0.05, 0.1) is 0 Å². The zero-order valence-corrected chi connectivity index (χ0v) is 14.8. The van der Waals surface area contributed by atoms with E-state index < -0.39 is 5.60 Å². The molecular formula is C19H21BrO3. The maximum absolute atomic E-state index is 13.3. The number of hydrogen-bond acceptors (Lipinski definition) is 3. The molecule has 1 aromatic carbocycles. The monoisotopic (exact) mass is 376 g/mol. The van der Waals surface area contributed by atoms with Crippen LogP contribution in [0, 0.1) is 0 Å². The predicted molar refractivity (Wildman–Crippen MR) is 94.8 cm³/mol. The molecule has 1 aliphatic rings. The van der Waals surface area contributed by atoms with Crippen LogP contribution in [0.1, 0.15) is 43.0 Å². The van der Waals surface area contributed by atoms with Crippen LogP contribution < -0.4 is 0 Å². The molecule has 0 aromatic heterocycles. The highest BCUT2D eigenvalue weighted by Gasteiger charge is 2.42. The fourth-order valence-electron chi connectivity index (χ4n) is 2.93. The first-order chi connectivity index (χ1) is 11.1. The van der Waals surface area contributed by atoms with Crippen LogP contribution in [0.4, 0.5) is 0 Å². The summed E-state index contributed by atoms with van der Waals surface area (Å²) in [6.07, 6.45) is 8.23. The first-order valence-electron chi connectivity index (χ1n) is 7.88. The fraction of sp³-hybridized carbons (Fsp3) is 0.368. The van der Waals surface area contributed by atoms with Crippen molar-refractivity contribution in [2.24, 2.45) is 0 Å². The van der Waals surface area contributed by atoms with Gasteiger partial charge >= 0.3 is 0 Å². The second-order valence-electron chi connectivity index (χ2n) is 5.47. The van der Waals surface area contributed by atoms with Gasteiger partial charge in [-0.3, -0.25) is 9.59 Å². The Kier molecular flexibility index (Phi) is 6.48. The SMILES string of the molecule is CCOC(CCC(=O)Br)(C(=O)c1ccccc1)C1=CC=CCC1. The Morgan fingerprint density at radius 1 is 1.26 bits per heavy atom. The molecule has 0 fully saturated rings. The van der Waals surface area contributed by atoms with E-state index in [-0.39, 0.29) is 16.9 Å². The van der Waals surface area contributed by atoms with Crippen LogP contribution in [0.5, 0.6) is 0 Å². The van der Waals surface area contributed by atoms with Crippen molar-refractivity contribution in [1.29, 1.82) is 0 Å². The molecular weight excluding hydrogens is 356 g/mol. The van der Waals surface area contributed by atoms with Gasteiger partial charge < -0.3 is 4.74 Å². The molecule has 2 rings (SSSR count). The van der Waals surface area contributed by atoms with Gasteiger partial charge in [-0.1, -0.05) is 48.6 Å². The lowest BCUT2D eigenvalue weighted by molar-refractivity contribution is -0.111.